The fraction of sp³-hybridized carbons (Fsp3) is 0. The van der Waals surface area contributed by atoms with E-state index in [-0.39, 0.29) is 5.75 Å². The van der Waals surface area contributed by atoms with Gasteiger partial charge in [-0.05, 0) is 6.07 Å². The van der Waals surface area contributed by atoms with E-state index in [9.17, 15) is 0 Å². The number of hydrogen-bond donors (Lipinski definition) is 1. The molecule has 1 aromatic carbocycles. The quantitative estimate of drug-likeness (QED) is 0.580. The van der Waals surface area contributed by atoms with Gasteiger partial charge >= 0.3 is 11.8 Å². The molecule has 1 aromatic heterocycles. The molecule has 0 saturated heterocycles. The number of rotatable bonds is 0. The Balaban J connectivity index is 2.83. The van der Waals surface area contributed by atoms with Crippen LogP contribution < -0.4 is 0 Å². The lowest BCUT2D eigenvalue weighted by molar-refractivity contribution is 0.447. The Bertz CT molecular complexity index is 382. The Hall–Kier alpha value is -1.57. The van der Waals surface area contributed by atoms with Gasteiger partial charge in [0.2, 0.25) is 5.75 Å². The van der Waals surface area contributed by atoms with Gasteiger partial charge in [-0.25, -0.2) is 4.42 Å². The van der Waals surface area contributed by atoms with Crippen molar-refractivity contribution in [1.82, 2.24) is 0 Å². The maximum atomic E-state index is 9.04. The van der Waals surface area contributed by atoms with Gasteiger partial charge in [0.05, 0.1) is 5.39 Å². The Morgan fingerprint density at radius 2 is 2.00 bits per heavy atom. The molecule has 0 atom stereocenters. The molecule has 11 heavy (non-hydrogen) atoms. The first-order valence-corrected chi connectivity index (χ1v) is 3.36. The molecule has 0 radical (unpaired) electrons. The molecule has 54 valence electrons. The highest BCUT2D eigenvalue weighted by atomic mass is 16.3. The van der Waals surface area contributed by atoms with Crippen molar-refractivity contribution < 1.29 is 9.52 Å². The van der Waals surface area contributed by atoms with Gasteiger partial charge in [0.15, 0.2) is 0 Å². The van der Waals surface area contributed by atoms with Crippen LogP contribution in [0.1, 0.15) is 0 Å². The van der Waals surface area contributed by atoms with Crippen molar-refractivity contribution in [3.63, 3.8) is 0 Å². The molecule has 0 amide bonds. The average Bonchev–Trinajstić information content (AvgIpc) is 2.04. The van der Waals surface area contributed by atoms with E-state index in [0.717, 1.165) is 11.0 Å². The van der Waals surface area contributed by atoms with Gasteiger partial charge in [-0.2, -0.15) is 0 Å². The average molecular weight is 147 g/mol. The summed E-state index contributed by atoms with van der Waals surface area (Å²) in [6.07, 6.45) is 1.32. The lowest BCUT2D eigenvalue weighted by Gasteiger charge is -1.85. The summed E-state index contributed by atoms with van der Waals surface area (Å²) in [7, 11) is 0. The van der Waals surface area contributed by atoms with Crippen molar-refractivity contribution in [2.24, 2.45) is 0 Å². The third-order valence-electron chi connectivity index (χ3n) is 1.53. The molecule has 2 aromatic rings. The Morgan fingerprint density at radius 3 is 2.91 bits per heavy atom. The maximum absolute atomic E-state index is 9.04. The summed E-state index contributed by atoms with van der Waals surface area (Å²) in [5.74, 6) is 0.156. The first-order valence-electron chi connectivity index (χ1n) is 3.36. The maximum Gasteiger partial charge on any atom is 0.360 e. The van der Waals surface area contributed by atoms with Gasteiger partial charge in [0, 0.05) is 12.1 Å². The van der Waals surface area contributed by atoms with E-state index in [1.807, 2.05) is 24.3 Å². The summed E-state index contributed by atoms with van der Waals surface area (Å²) in [6, 6.07) is 9.20. The molecule has 0 aliphatic rings. The van der Waals surface area contributed by atoms with Crippen LogP contribution in [-0.4, -0.2) is 5.11 Å². The normalized spacial score (nSPS) is 10.2. The van der Waals surface area contributed by atoms with Gasteiger partial charge in [0.1, 0.15) is 0 Å². The lowest BCUT2D eigenvalue weighted by Crippen LogP contribution is -1.69. The van der Waals surface area contributed by atoms with Crippen molar-refractivity contribution in [1.29, 1.82) is 0 Å². The van der Waals surface area contributed by atoms with E-state index in [1.165, 1.54) is 6.26 Å². The highest BCUT2D eigenvalue weighted by molar-refractivity contribution is 5.77. The molecule has 0 fully saturated rings. The Kier molecular flexibility index (Phi) is 1.25. The van der Waals surface area contributed by atoms with Crippen molar-refractivity contribution in [2.75, 3.05) is 0 Å². The molecule has 1 N–H and O–H groups in total. The molecule has 0 aliphatic heterocycles. The minimum absolute atomic E-state index is 0.156. The van der Waals surface area contributed by atoms with Crippen molar-refractivity contribution in [3.8, 4) is 5.75 Å². The van der Waals surface area contributed by atoms with Crippen LogP contribution in [-0.2, 0) is 0 Å². The second-order valence-electron chi connectivity index (χ2n) is 2.34. The fourth-order valence-corrected chi connectivity index (χ4v) is 1.02. The highest BCUT2D eigenvalue weighted by Crippen LogP contribution is 2.18. The molecule has 2 nitrogen and oxygen atoms in total. The second kappa shape index (κ2) is 2.23. The molecule has 2 rings (SSSR count). The van der Waals surface area contributed by atoms with Gasteiger partial charge in [0.25, 0.3) is 0 Å². The molecular formula is C9H7O2+. The van der Waals surface area contributed by atoms with Crippen LogP contribution in [0.5, 0.6) is 5.75 Å². The van der Waals surface area contributed by atoms with Crippen LogP contribution in [0.25, 0.3) is 11.0 Å². The minimum Gasteiger partial charge on any atom is -0.501 e. The summed E-state index contributed by atoms with van der Waals surface area (Å²) in [5, 5.41) is 9.95. The zero-order chi connectivity index (χ0) is 7.68. The highest BCUT2D eigenvalue weighted by Gasteiger charge is 2.04. The van der Waals surface area contributed by atoms with Gasteiger partial charge in [-0.15, -0.1) is 0 Å². The van der Waals surface area contributed by atoms with Gasteiger partial charge < -0.3 is 5.11 Å². The van der Waals surface area contributed by atoms with Crippen LogP contribution in [0.15, 0.2) is 41.0 Å². The van der Waals surface area contributed by atoms with E-state index >= 15 is 0 Å². The first-order chi connectivity index (χ1) is 5.36. The molecular weight excluding hydrogens is 140 g/mol. The Morgan fingerprint density at radius 1 is 1.18 bits per heavy atom. The predicted octanol–water partition coefficient (Wildman–Crippen LogP) is 2.42. The van der Waals surface area contributed by atoms with E-state index in [1.54, 1.807) is 6.07 Å². The zero-order valence-electron chi connectivity index (χ0n) is 5.82. The number of benzene rings is 1. The lowest BCUT2D eigenvalue weighted by atomic mass is 10.2. The molecule has 0 unspecified atom stereocenters. The summed E-state index contributed by atoms with van der Waals surface area (Å²) in [5.41, 5.74) is 0.783. The van der Waals surface area contributed by atoms with E-state index in [2.05, 4.69) is 0 Å². The largest absolute Gasteiger partial charge is 0.501 e. The fourth-order valence-electron chi connectivity index (χ4n) is 1.02. The topological polar surface area (TPSA) is 31.5 Å². The predicted molar refractivity (Wildman–Crippen MR) is 42.3 cm³/mol. The molecule has 1 heterocycles. The smallest absolute Gasteiger partial charge is 0.360 e. The number of hydrogen-bond acceptors (Lipinski definition) is 1. The summed E-state index contributed by atoms with van der Waals surface area (Å²) < 4.78 is 5.09. The van der Waals surface area contributed by atoms with Crippen LogP contribution in [0.4, 0.5) is 0 Å². The standard InChI is InChI=1S/C9H6O2/c10-8-5-7-3-1-2-4-9(7)11-6-8/h1-6H/p+1. The van der Waals surface area contributed by atoms with Crippen LogP contribution in [0.2, 0.25) is 0 Å². The summed E-state index contributed by atoms with van der Waals surface area (Å²) in [4.78, 5) is 0. The van der Waals surface area contributed by atoms with Gasteiger partial charge in [-0.1, -0.05) is 12.1 Å². The first kappa shape index (κ1) is 6.16. The van der Waals surface area contributed by atoms with E-state index in [0.29, 0.717) is 0 Å². The van der Waals surface area contributed by atoms with E-state index < -0.39 is 0 Å². The number of para-hydroxylation sites is 1. The molecule has 0 spiro atoms. The number of fused-ring (bicyclic) bond motifs is 1. The Labute approximate surface area is 63.7 Å². The van der Waals surface area contributed by atoms with E-state index in [4.69, 9.17) is 9.52 Å². The van der Waals surface area contributed by atoms with Crippen molar-refractivity contribution >= 4 is 11.0 Å². The molecule has 0 aliphatic carbocycles. The van der Waals surface area contributed by atoms with Crippen LogP contribution in [0, 0.1) is 0 Å². The third kappa shape index (κ3) is 1.03. The van der Waals surface area contributed by atoms with Crippen molar-refractivity contribution in [2.45, 2.75) is 0 Å². The second-order valence-corrected chi connectivity index (χ2v) is 2.34. The SMILES string of the molecule is Oc1c[o+]c2ccccc2c1. The molecule has 0 saturated carbocycles. The molecule has 0 bridgehead atoms. The van der Waals surface area contributed by atoms with Crippen LogP contribution >= 0.6 is 0 Å². The minimum atomic E-state index is 0.156. The monoisotopic (exact) mass is 147 g/mol. The summed E-state index contributed by atoms with van der Waals surface area (Å²) >= 11 is 0. The zero-order valence-corrected chi connectivity index (χ0v) is 5.82. The van der Waals surface area contributed by atoms with Crippen LogP contribution in [0.3, 0.4) is 0 Å². The van der Waals surface area contributed by atoms with Gasteiger partial charge in [-0.3, -0.25) is 0 Å². The number of aromatic hydroxyl groups is 1. The summed E-state index contributed by atoms with van der Waals surface area (Å²) in [6.45, 7) is 0. The van der Waals surface area contributed by atoms with Crippen molar-refractivity contribution in [3.05, 3.63) is 36.6 Å². The third-order valence-corrected chi connectivity index (χ3v) is 1.53. The molecule has 2 heteroatoms.